The standard InChI is InChI=1S/C53H33NO2/c1-2-15-37(16-3-1)54(48-22-12-14-35-13-4-5-17-39(35)48)38-28-25-34(26-29-38)36-27-30-42-43-32-51-52(56-50-24-11-10-23-49(50)55-51)33-47(43)53(46(42)31-36)44-20-8-6-18-40(44)41-19-7-9-21-45(41)53/h1-33H. The zero-order valence-corrected chi connectivity index (χ0v) is 30.3. The summed E-state index contributed by atoms with van der Waals surface area (Å²) < 4.78 is 13.1. The number of rotatable bonds is 4. The highest BCUT2D eigenvalue weighted by Gasteiger charge is 2.52. The molecule has 0 aromatic heterocycles. The third-order valence-electron chi connectivity index (χ3n) is 11.9. The van der Waals surface area contributed by atoms with Gasteiger partial charge in [-0.3, -0.25) is 0 Å². The van der Waals surface area contributed by atoms with E-state index in [4.69, 9.17) is 9.47 Å². The fraction of sp³-hybridized carbons (Fsp3) is 0.0189. The van der Waals surface area contributed by atoms with Crippen molar-refractivity contribution in [3.63, 3.8) is 0 Å². The van der Waals surface area contributed by atoms with Crippen LogP contribution in [0.4, 0.5) is 17.1 Å². The fourth-order valence-electron chi connectivity index (χ4n) is 9.55. The van der Waals surface area contributed by atoms with Crippen molar-refractivity contribution < 1.29 is 9.47 Å². The van der Waals surface area contributed by atoms with Gasteiger partial charge in [-0.1, -0.05) is 140 Å². The maximum atomic E-state index is 6.56. The first-order valence-corrected chi connectivity index (χ1v) is 19.2. The molecule has 0 saturated heterocycles. The van der Waals surface area contributed by atoms with E-state index in [-0.39, 0.29) is 0 Å². The van der Waals surface area contributed by atoms with Crippen molar-refractivity contribution in [1.29, 1.82) is 0 Å². The van der Waals surface area contributed by atoms with Crippen LogP contribution in [0.1, 0.15) is 22.3 Å². The van der Waals surface area contributed by atoms with Crippen LogP contribution < -0.4 is 14.4 Å². The zero-order valence-electron chi connectivity index (χ0n) is 30.3. The van der Waals surface area contributed by atoms with E-state index in [1.165, 1.54) is 60.8 Å². The van der Waals surface area contributed by atoms with Gasteiger partial charge in [-0.05, 0) is 122 Å². The van der Waals surface area contributed by atoms with Gasteiger partial charge in [0.25, 0.3) is 0 Å². The molecule has 56 heavy (non-hydrogen) atoms. The highest BCUT2D eigenvalue weighted by molar-refractivity contribution is 6.00. The van der Waals surface area contributed by atoms with Gasteiger partial charge >= 0.3 is 0 Å². The van der Waals surface area contributed by atoms with Gasteiger partial charge in [0.1, 0.15) is 0 Å². The van der Waals surface area contributed by atoms with Gasteiger partial charge in [-0.15, -0.1) is 0 Å². The van der Waals surface area contributed by atoms with Crippen LogP contribution in [-0.2, 0) is 5.41 Å². The quantitative estimate of drug-likeness (QED) is 0.181. The molecule has 0 N–H and O–H groups in total. The molecule has 1 spiro atoms. The number of ether oxygens (including phenoxy) is 2. The van der Waals surface area contributed by atoms with Crippen LogP contribution in [0.5, 0.6) is 23.0 Å². The molecular weight excluding hydrogens is 683 g/mol. The molecule has 0 amide bonds. The highest BCUT2D eigenvalue weighted by Crippen LogP contribution is 2.65. The molecule has 0 bridgehead atoms. The number of anilines is 3. The molecule has 1 aliphatic heterocycles. The first kappa shape index (κ1) is 31.0. The van der Waals surface area contributed by atoms with E-state index in [1.807, 2.05) is 24.3 Å². The maximum Gasteiger partial charge on any atom is 0.170 e. The van der Waals surface area contributed by atoms with E-state index in [9.17, 15) is 0 Å². The summed E-state index contributed by atoms with van der Waals surface area (Å²) in [6.07, 6.45) is 0. The lowest BCUT2D eigenvalue weighted by molar-refractivity contribution is 0.359. The Bertz CT molecular complexity index is 2990. The Labute approximate surface area is 325 Å². The molecule has 0 atom stereocenters. The third-order valence-corrected chi connectivity index (χ3v) is 11.9. The van der Waals surface area contributed by atoms with Crippen LogP contribution in [0, 0.1) is 0 Å². The number of nitrogens with zero attached hydrogens (tertiary/aromatic N) is 1. The molecule has 0 unspecified atom stereocenters. The Morgan fingerprint density at radius 3 is 1.64 bits per heavy atom. The molecular formula is C53H33NO2. The molecule has 12 rings (SSSR count). The second-order valence-corrected chi connectivity index (χ2v) is 14.8. The van der Waals surface area contributed by atoms with E-state index < -0.39 is 5.41 Å². The first-order chi connectivity index (χ1) is 27.8. The summed E-state index contributed by atoms with van der Waals surface area (Å²) in [6, 6.07) is 72.0. The number of benzene rings is 9. The average Bonchev–Trinajstić information content (AvgIpc) is 3.72. The van der Waals surface area contributed by atoms with Gasteiger partial charge in [0.15, 0.2) is 23.0 Å². The number of hydrogen-bond acceptors (Lipinski definition) is 3. The molecule has 0 fully saturated rings. The van der Waals surface area contributed by atoms with Crippen molar-refractivity contribution in [1.82, 2.24) is 0 Å². The van der Waals surface area contributed by atoms with Crippen molar-refractivity contribution in [2.24, 2.45) is 0 Å². The van der Waals surface area contributed by atoms with Crippen molar-refractivity contribution >= 4 is 27.8 Å². The Morgan fingerprint density at radius 2 is 0.893 bits per heavy atom. The molecule has 9 aromatic rings. The fourth-order valence-corrected chi connectivity index (χ4v) is 9.55. The van der Waals surface area contributed by atoms with E-state index in [0.29, 0.717) is 0 Å². The van der Waals surface area contributed by atoms with Crippen LogP contribution in [0.3, 0.4) is 0 Å². The van der Waals surface area contributed by atoms with Crippen molar-refractivity contribution in [3.05, 3.63) is 222 Å². The Hall–Kier alpha value is -7.36. The minimum absolute atomic E-state index is 0.526. The minimum atomic E-state index is -0.526. The van der Waals surface area contributed by atoms with Crippen LogP contribution in [0.15, 0.2) is 200 Å². The van der Waals surface area contributed by atoms with Crippen molar-refractivity contribution in [2.45, 2.75) is 5.41 Å². The summed E-state index contributed by atoms with van der Waals surface area (Å²) in [5.74, 6) is 2.93. The van der Waals surface area contributed by atoms with Crippen molar-refractivity contribution in [3.8, 4) is 56.4 Å². The molecule has 0 saturated carbocycles. The van der Waals surface area contributed by atoms with E-state index in [2.05, 4.69) is 181 Å². The predicted octanol–water partition coefficient (Wildman–Crippen LogP) is 14.2. The predicted molar refractivity (Wildman–Crippen MR) is 227 cm³/mol. The zero-order chi connectivity index (χ0) is 36.8. The topological polar surface area (TPSA) is 21.7 Å². The molecule has 0 radical (unpaired) electrons. The summed E-state index contributed by atoms with van der Waals surface area (Å²) in [5.41, 5.74) is 15.2. The molecule has 2 aliphatic carbocycles. The van der Waals surface area contributed by atoms with Gasteiger partial charge in [-0.25, -0.2) is 0 Å². The monoisotopic (exact) mass is 715 g/mol. The van der Waals surface area contributed by atoms with Crippen molar-refractivity contribution in [2.75, 3.05) is 4.90 Å². The number of hydrogen-bond donors (Lipinski definition) is 0. The van der Waals surface area contributed by atoms with Crippen LogP contribution in [0.2, 0.25) is 0 Å². The Morgan fingerprint density at radius 1 is 0.339 bits per heavy atom. The molecule has 3 heteroatoms. The minimum Gasteiger partial charge on any atom is -0.450 e. The summed E-state index contributed by atoms with van der Waals surface area (Å²) >= 11 is 0. The maximum absolute atomic E-state index is 6.56. The smallest absolute Gasteiger partial charge is 0.170 e. The van der Waals surface area contributed by atoms with Gasteiger partial charge in [0.2, 0.25) is 0 Å². The molecule has 3 nitrogen and oxygen atoms in total. The van der Waals surface area contributed by atoms with Gasteiger partial charge < -0.3 is 14.4 Å². The highest BCUT2D eigenvalue weighted by atomic mass is 16.6. The van der Waals surface area contributed by atoms with Gasteiger partial charge in [0.05, 0.1) is 11.1 Å². The Balaban J connectivity index is 1.03. The van der Waals surface area contributed by atoms with E-state index in [1.54, 1.807) is 0 Å². The lowest BCUT2D eigenvalue weighted by Crippen LogP contribution is -2.26. The second-order valence-electron chi connectivity index (χ2n) is 14.8. The normalized spacial score (nSPS) is 13.4. The summed E-state index contributed by atoms with van der Waals surface area (Å²) in [7, 11) is 0. The van der Waals surface area contributed by atoms with E-state index in [0.717, 1.165) is 45.6 Å². The lowest BCUT2D eigenvalue weighted by Gasteiger charge is -2.31. The number of fused-ring (bicyclic) bond motifs is 13. The van der Waals surface area contributed by atoms with Crippen LogP contribution >= 0.6 is 0 Å². The Kier molecular flexibility index (Phi) is 6.55. The molecule has 3 aliphatic rings. The van der Waals surface area contributed by atoms with Crippen LogP contribution in [0.25, 0.3) is 44.2 Å². The molecule has 1 heterocycles. The summed E-state index contributed by atoms with van der Waals surface area (Å²) in [6.45, 7) is 0. The first-order valence-electron chi connectivity index (χ1n) is 19.2. The number of para-hydroxylation sites is 3. The molecule has 9 aromatic carbocycles. The second kappa shape index (κ2) is 11.8. The van der Waals surface area contributed by atoms with Gasteiger partial charge in [-0.2, -0.15) is 0 Å². The average molecular weight is 716 g/mol. The lowest BCUT2D eigenvalue weighted by atomic mass is 9.70. The molecule has 262 valence electrons. The third kappa shape index (κ3) is 4.34. The summed E-state index contributed by atoms with van der Waals surface area (Å²) in [4.78, 5) is 2.36. The largest absolute Gasteiger partial charge is 0.450 e. The van der Waals surface area contributed by atoms with E-state index >= 15 is 0 Å². The SMILES string of the molecule is c1ccc(N(c2ccc(-c3ccc4c(c3)C3(c5ccccc5-c5ccccc53)c3cc5c(cc3-4)Oc3ccccc3O5)cc2)c2cccc3ccccc23)cc1. The van der Waals surface area contributed by atoms with Crippen LogP contribution in [-0.4, -0.2) is 0 Å². The summed E-state index contributed by atoms with van der Waals surface area (Å²) in [5, 5.41) is 2.43. The van der Waals surface area contributed by atoms with Gasteiger partial charge in [0, 0.05) is 16.8 Å².